The molecule has 2 aliphatic heterocycles. The standard InChI is InChI=1S/C19H28N4O3/c1-15-4-3-5-16(2)22(15)19(24)14-20-10-12-21(13-11-20)17-6-8-18(9-7-17)23(25)26/h6-9,15-16H,3-5,10-14H2,1-2H3. The molecule has 0 radical (unpaired) electrons. The summed E-state index contributed by atoms with van der Waals surface area (Å²) in [6, 6.07) is 7.38. The van der Waals surface area contributed by atoms with Crippen LogP contribution in [0, 0.1) is 10.1 Å². The first-order chi connectivity index (χ1) is 12.5. The summed E-state index contributed by atoms with van der Waals surface area (Å²) in [6.45, 7) is 8.12. The summed E-state index contributed by atoms with van der Waals surface area (Å²) in [5.74, 6) is 0.244. The van der Waals surface area contributed by atoms with E-state index in [0.29, 0.717) is 18.6 Å². The Morgan fingerprint density at radius 3 is 2.19 bits per heavy atom. The first-order valence-electron chi connectivity index (χ1n) is 9.48. The number of carbonyl (C=O) groups excluding carboxylic acids is 1. The first-order valence-corrected chi connectivity index (χ1v) is 9.48. The van der Waals surface area contributed by atoms with Gasteiger partial charge in [-0.15, -0.1) is 0 Å². The quantitative estimate of drug-likeness (QED) is 0.609. The molecule has 2 fully saturated rings. The van der Waals surface area contributed by atoms with E-state index in [1.54, 1.807) is 24.3 Å². The van der Waals surface area contributed by atoms with Crippen LogP contribution in [0.4, 0.5) is 11.4 Å². The number of amides is 1. The van der Waals surface area contributed by atoms with Gasteiger partial charge in [0.05, 0.1) is 11.5 Å². The second-order valence-corrected chi connectivity index (χ2v) is 7.47. The highest BCUT2D eigenvalue weighted by molar-refractivity contribution is 5.79. The molecule has 0 bridgehead atoms. The van der Waals surface area contributed by atoms with Crippen LogP contribution in [-0.4, -0.2) is 65.4 Å². The predicted octanol–water partition coefficient (Wildman–Crippen LogP) is 2.51. The number of hydrogen-bond donors (Lipinski definition) is 0. The maximum Gasteiger partial charge on any atom is 0.269 e. The molecule has 3 rings (SSSR count). The molecule has 2 saturated heterocycles. The Morgan fingerprint density at radius 2 is 1.65 bits per heavy atom. The number of likely N-dealkylation sites (tertiary alicyclic amines) is 1. The lowest BCUT2D eigenvalue weighted by Crippen LogP contribution is -2.54. The van der Waals surface area contributed by atoms with Crippen molar-refractivity contribution in [2.45, 2.75) is 45.2 Å². The van der Waals surface area contributed by atoms with E-state index in [1.807, 2.05) is 0 Å². The molecule has 1 aromatic rings. The number of nitrogens with zero attached hydrogens (tertiary/aromatic N) is 4. The van der Waals surface area contributed by atoms with E-state index in [1.165, 1.54) is 6.42 Å². The fraction of sp³-hybridized carbons (Fsp3) is 0.632. The molecule has 0 aromatic heterocycles. The highest BCUT2D eigenvalue weighted by Gasteiger charge is 2.30. The Kier molecular flexibility index (Phi) is 5.76. The summed E-state index contributed by atoms with van der Waals surface area (Å²) in [5.41, 5.74) is 1.11. The van der Waals surface area contributed by atoms with Crippen LogP contribution >= 0.6 is 0 Å². The number of piperidine rings is 1. The van der Waals surface area contributed by atoms with Gasteiger partial charge in [-0.2, -0.15) is 0 Å². The average Bonchev–Trinajstić information content (AvgIpc) is 2.62. The van der Waals surface area contributed by atoms with Crippen LogP contribution in [0.3, 0.4) is 0 Å². The third-order valence-electron chi connectivity index (χ3n) is 5.64. The second kappa shape index (κ2) is 8.03. The van der Waals surface area contributed by atoms with Crippen molar-refractivity contribution in [2.24, 2.45) is 0 Å². The number of piperazine rings is 1. The molecule has 0 aliphatic carbocycles. The normalized spacial score (nSPS) is 24.5. The number of anilines is 1. The fourth-order valence-corrected chi connectivity index (χ4v) is 4.14. The zero-order valence-electron chi connectivity index (χ0n) is 15.6. The summed E-state index contributed by atoms with van der Waals surface area (Å²) in [7, 11) is 0. The molecule has 0 saturated carbocycles. The van der Waals surface area contributed by atoms with Crippen LogP contribution in [0.5, 0.6) is 0 Å². The van der Waals surface area contributed by atoms with E-state index >= 15 is 0 Å². The molecule has 0 N–H and O–H groups in total. The Morgan fingerprint density at radius 1 is 1.08 bits per heavy atom. The monoisotopic (exact) mass is 360 g/mol. The average molecular weight is 360 g/mol. The van der Waals surface area contributed by atoms with Crippen molar-refractivity contribution in [1.29, 1.82) is 0 Å². The Labute approximate surface area is 154 Å². The number of carbonyl (C=O) groups is 1. The maximum atomic E-state index is 12.7. The number of non-ortho nitro benzene ring substituents is 1. The second-order valence-electron chi connectivity index (χ2n) is 7.47. The zero-order valence-corrected chi connectivity index (χ0v) is 15.6. The van der Waals surface area contributed by atoms with Crippen LogP contribution in [0.25, 0.3) is 0 Å². The van der Waals surface area contributed by atoms with Crippen molar-refractivity contribution >= 4 is 17.3 Å². The van der Waals surface area contributed by atoms with Gasteiger partial charge in [-0.1, -0.05) is 0 Å². The van der Waals surface area contributed by atoms with Crippen molar-refractivity contribution in [3.63, 3.8) is 0 Å². The van der Waals surface area contributed by atoms with Crippen LogP contribution in [-0.2, 0) is 4.79 Å². The van der Waals surface area contributed by atoms with Crippen LogP contribution in [0.15, 0.2) is 24.3 Å². The van der Waals surface area contributed by atoms with E-state index in [0.717, 1.165) is 44.7 Å². The van der Waals surface area contributed by atoms with Gasteiger partial charge in [0.15, 0.2) is 0 Å². The molecule has 26 heavy (non-hydrogen) atoms. The molecule has 2 unspecified atom stereocenters. The highest BCUT2D eigenvalue weighted by Crippen LogP contribution is 2.23. The SMILES string of the molecule is CC1CCCC(C)N1C(=O)CN1CCN(c2ccc([N+](=O)[O-])cc2)CC1. The lowest BCUT2D eigenvalue weighted by Gasteiger charge is -2.41. The van der Waals surface area contributed by atoms with Gasteiger partial charge in [0.25, 0.3) is 5.69 Å². The number of rotatable bonds is 4. The largest absolute Gasteiger partial charge is 0.369 e. The summed E-state index contributed by atoms with van der Waals surface area (Å²) in [4.78, 5) is 29.6. The van der Waals surface area contributed by atoms with Gasteiger partial charge in [-0.25, -0.2) is 0 Å². The number of nitro groups is 1. The number of hydrogen-bond acceptors (Lipinski definition) is 5. The third-order valence-corrected chi connectivity index (χ3v) is 5.64. The Bertz CT molecular complexity index is 631. The molecule has 1 amide bonds. The molecule has 1 aromatic carbocycles. The van der Waals surface area contributed by atoms with E-state index < -0.39 is 0 Å². The molecule has 142 valence electrons. The zero-order chi connectivity index (χ0) is 18.7. The van der Waals surface area contributed by atoms with Crippen molar-refractivity contribution in [3.8, 4) is 0 Å². The summed E-state index contributed by atoms with van der Waals surface area (Å²) >= 11 is 0. The third kappa shape index (κ3) is 4.15. The predicted molar refractivity (Wildman–Crippen MR) is 101 cm³/mol. The van der Waals surface area contributed by atoms with Crippen molar-refractivity contribution in [2.75, 3.05) is 37.6 Å². The lowest BCUT2D eigenvalue weighted by atomic mass is 9.97. The first kappa shape index (κ1) is 18.6. The van der Waals surface area contributed by atoms with E-state index in [2.05, 4.69) is 28.5 Å². The molecule has 2 heterocycles. The maximum absolute atomic E-state index is 12.7. The molecular weight excluding hydrogens is 332 g/mol. The van der Waals surface area contributed by atoms with E-state index in [9.17, 15) is 14.9 Å². The minimum absolute atomic E-state index is 0.114. The topological polar surface area (TPSA) is 69.9 Å². The van der Waals surface area contributed by atoms with Crippen molar-refractivity contribution in [3.05, 3.63) is 34.4 Å². The minimum atomic E-state index is -0.379. The smallest absolute Gasteiger partial charge is 0.269 e. The summed E-state index contributed by atoms with van der Waals surface area (Å²) < 4.78 is 0. The van der Waals surface area contributed by atoms with Gasteiger partial charge in [0.1, 0.15) is 0 Å². The van der Waals surface area contributed by atoms with E-state index in [4.69, 9.17) is 0 Å². The lowest BCUT2D eigenvalue weighted by molar-refractivity contribution is -0.384. The van der Waals surface area contributed by atoms with Crippen molar-refractivity contribution < 1.29 is 9.72 Å². The summed E-state index contributed by atoms with van der Waals surface area (Å²) in [5, 5.41) is 10.8. The van der Waals surface area contributed by atoms with Crippen LogP contribution < -0.4 is 4.90 Å². The molecule has 7 nitrogen and oxygen atoms in total. The van der Waals surface area contributed by atoms with Gasteiger partial charge in [0, 0.05) is 56.1 Å². The minimum Gasteiger partial charge on any atom is -0.369 e. The Hall–Kier alpha value is -2.15. The number of benzene rings is 1. The van der Waals surface area contributed by atoms with Crippen LogP contribution in [0.1, 0.15) is 33.1 Å². The van der Waals surface area contributed by atoms with Gasteiger partial charge >= 0.3 is 0 Å². The van der Waals surface area contributed by atoms with Gasteiger partial charge in [-0.3, -0.25) is 19.8 Å². The van der Waals surface area contributed by atoms with Gasteiger partial charge in [-0.05, 0) is 45.2 Å². The molecule has 2 aliphatic rings. The molecule has 0 spiro atoms. The van der Waals surface area contributed by atoms with Gasteiger partial charge in [0.2, 0.25) is 5.91 Å². The van der Waals surface area contributed by atoms with Crippen LogP contribution in [0.2, 0.25) is 0 Å². The molecule has 7 heteroatoms. The van der Waals surface area contributed by atoms with Gasteiger partial charge < -0.3 is 9.80 Å². The summed E-state index contributed by atoms with van der Waals surface area (Å²) in [6.07, 6.45) is 3.41. The fourth-order valence-electron chi connectivity index (χ4n) is 4.14. The Balaban J connectivity index is 1.52. The molecule has 2 atom stereocenters. The number of nitro benzene ring substituents is 1. The highest BCUT2D eigenvalue weighted by atomic mass is 16.6. The molecular formula is C19H28N4O3. The van der Waals surface area contributed by atoms with E-state index in [-0.39, 0.29) is 16.5 Å². The van der Waals surface area contributed by atoms with Crippen molar-refractivity contribution in [1.82, 2.24) is 9.80 Å².